The van der Waals surface area contributed by atoms with Crippen LogP contribution in [0, 0.1) is 0 Å². The fourth-order valence-electron chi connectivity index (χ4n) is 2.56. The molecule has 0 saturated carbocycles. The summed E-state index contributed by atoms with van der Waals surface area (Å²) in [5.41, 5.74) is 1.10. The number of unbranched alkanes of at least 4 members (excludes halogenated alkanes) is 1. The van der Waals surface area contributed by atoms with E-state index in [0.29, 0.717) is 24.0 Å². The molecule has 6 heteroatoms. The van der Waals surface area contributed by atoms with Crippen molar-refractivity contribution in [2.24, 2.45) is 0 Å². The number of hydrogen-bond donors (Lipinski definition) is 3. The van der Waals surface area contributed by atoms with E-state index in [4.69, 9.17) is 0 Å². The highest BCUT2D eigenvalue weighted by Gasteiger charge is 2.22. The van der Waals surface area contributed by atoms with Gasteiger partial charge in [-0.15, -0.1) is 0 Å². The van der Waals surface area contributed by atoms with Crippen LogP contribution in [0.25, 0.3) is 6.08 Å². The van der Waals surface area contributed by atoms with Gasteiger partial charge in [0.1, 0.15) is 11.7 Å². The molecule has 28 heavy (non-hydrogen) atoms. The summed E-state index contributed by atoms with van der Waals surface area (Å²) in [7, 11) is 0. The summed E-state index contributed by atoms with van der Waals surface area (Å²) in [6.07, 6.45) is 3.33. The number of amides is 2. The second-order valence-electron chi connectivity index (χ2n) is 6.30. The van der Waals surface area contributed by atoms with E-state index in [2.05, 4.69) is 10.6 Å². The maximum absolute atomic E-state index is 12.7. The number of nitrogens with one attached hydrogen (secondary N) is 2. The van der Waals surface area contributed by atoms with Crippen LogP contribution in [0.5, 0.6) is 0 Å². The van der Waals surface area contributed by atoms with Crippen molar-refractivity contribution in [2.75, 3.05) is 0 Å². The third kappa shape index (κ3) is 6.39. The van der Waals surface area contributed by atoms with Gasteiger partial charge in [0.05, 0.1) is 0 Å². The number of rotatable bonds is 9. The maximum Gasteiger partial charge on any atom is 0.326 e. The minimum absolute atomic E-state index is 0.0113. The predicted molar refractivity (Wildman–Crippen MR) is 107 cm³/mol. The van der Waals surface area contributed by atoms with E-state index in [-0.39, 0.29) is 5.70 Å². The Morgan fingerprint density at radius 3 is 2.18 bits per heavy atom. The molecule has 2 amide bonds. The van der Waals surface area contributed by atoms with E-state index in [1.807, 2.05) is 25.1 Å². The van der Waals surface area contributed by atoms with Crippen molar-refractivity contribution in [3.05, 3.63) is 77.5 Å². The third-order valence-electron chi connectivity index (χ3n) is 4.09. The molecule has 0 aliphatic heterocycles. The highest BCUT2D eigenvalue weighted by Crippen LogP contribution is 2.09. The first-order valence-corrected chi connectivity index (χ1v) is 9.18. The second-order valence-corrected chi connectivity index (χ2v) is 6.30. The molecular formula is C22H24N2O4. The number of carbonyl (C=O) groups excluding carboxylic acids is 2. The number of carboxylic acids is 1. The average Bonchev–Trinajstić information content (AvgIpc) is 2.71. The molecule has 0 aromatic heterocycles. The predicted octanol–water partition coefficient (Wildman–Crippen LogP) is 3.22. The second kappa shape index (κ2) is 10.7. The molecule has 3 N–H and O–H groups in total. The van der Waals surface area contributed by atoms with Crippen LogP contribution >= 0.6 is 0 Å². The van der Waals surface area contributed by atoms with E-state index < -0.39 is 23.8 Å². The topological polar surface area (TPSA) is 95.5 Å². The molecule has 0 bridgehead atoms. The van der Waals surface area contributed by atoms with Gasteiger partial charge in [-0.2, -0.15) is 0 Å². The number of carbonyl (C=O) groups is 3. The fourth-order valence-corrected chi connectivity index (χ4v) is 2.56. The molecule has 0 unspecified atom stereocenters. The summed E-state index contributed by atoms with van der Waals surface area (Å²) in [5, 5.41) is 14.5. The minimum Gasteiger partial charge on any atom is -0.480 e. The third-order valence-corrected chi connectivity index (χ3v) is 4.09. The maximum atomic E-state index is 12.7. The molecule has 0 aliphatic carbocycles. The lowest BCUT2D eigenvalue weighted by Crippen LogP contribution is -2.44. The summed E-state index contributed by atoms with van der Waals surface area (Å²) >= 11 is 0. The lowest BCUT2D eigenvalue weighted by molar-refractivity contribution is -0.141. The van der Waals surface area contributed by atoms with Gasteiger partial charge in [0.25, 0.3) is 11.8 Å². The van der Waals surface area contributed by atoms with E-state index >= 15 is 0 Å². The van der Waals surface area contributed by atoms with Crippen LogP contribution in [0.3, 0.4) is 0 Å². The minimum atomic E-state index is -1.10. The SMILES string of the molecule is CCCC[C@H](NC(=O)C(=Cc1ccccc1)NC(=O)c1ccccc1)C(=O)O. The highest BCUT2D eigenvalue weighted by molar-refractivity contribution is 6.06. The van der Waals surface area contributed by atoms with Crippen LogP contribution in [0.15, 0.2) is 66.4 Å². The van der Waals surface area contributed by atoms with Gasteiger partial charge >= 0.3 is 5.97 Å². The molecule has 0 heterocycles. The van der Waals surface area contributed by atoms with E-state index in [9.17, 15) is 19.5 Å². The summed E-state index contributed by atoms with van der Waals surface area (Å²) in [4.78, 5) is 36.7. The largest absolute Gasteiger partial charge is 0.480 e. The highest BCUT2D eigenvalue weighted by atomic mass is 16.4. The summed E-state index contributed by atoms with van der Waals surface area (Å²) in [6, 6.07) is 16.5. The van der Waals surface area contributed by atoms with E-state index in [0.717, 1.165) is 6.42 Å². The van der Waals surface area contributed by atoms with Crippen LogP contribution in [0.4, 0.5) is 0 Å². The number of carboxylic acid groups (broad SMARTS) is 1. The van der Waals surface area contributed by atoms with Crippen molar-refractivity contribution in [3.8, 4) is 0 Å². The first kappa shape index (κ1) is 20.9. The summed E-state index contributed by atoms with van der Waals surface area (Å²) in [5.74, 6) is -2.19. The summed E-state index contributed by atoms with van der Waals surface area (Å²) < 4.78 is 0. The van der Waals surface area contributed by atoms with E-state index in [1.165, 1.54) is 6.08 Å². The van der Waals surface area contributed by atoms with Crippen molar-refractivity contribution < 1.29 is 19.5 Å². The Morgan fingerprint density at radius 1 is 1.00 bits per heavy atom. The van der Waals surface area contributed by atoms with Gasteiger partial charge in [0.15, 0.2) is 0 Å². The molecule has 0 fully saturated rings. The zero-order valence-corrected chi connectivity index (χ0v) is 15.7. The smallest absolute Gasteiger partial charge is 0.326 e. The van der Waals surface area contributed by atoms with Crippen LogP contribution in [0.1, 0.15) is 42.1 Å². The zero-order valence-electron chi connectivity index (χ0n) is 15.7. The first-order chi connectivity index (χ1) is 13.5. The van der Waals surface area contributed by atoms with Gasteiger partial charge in [-0.3, -0.25) is 9.59 Å². The van der Waals surface area contributed by atoms with Gasteiger partial charge in [-0.05, 0) is 30.2 Å². The zero-order chi connectivity index (χ0) is 20.4. The summed E-state index contributed by atoms with van der Waals surface area (Å²) in [6.45, 7) is 1.95. The Labute approximate surface area is 164 Å². The molecule has 146 valence electrons. The van der Waals surface area contributed by atoms with Crippen LogP contribution in [-0.2, 0) is 9.59 Å². The molecule has 2 aromatic carbocycles. The molecular weight excluding hydrogens is 356 g/mol. The number of benzene rings is 2. The molecule has 1 atom stereocenters. The molecule has 0 saturated heterocycles. The fraction of sp³-hybridized carbons (Fsp3) is 0.227. The van der Waals surface area contributed by atoms with Gasteiger partial charge in [0.2, 0.25) is 0 Å². The molecule has 2 rings (SSSR count). The van der Waals surface area contributed by atoms with Gasteiger partial charge in [-0.25, -0.2) is 4.79 Å². The van der Waals surface area contributed by atoms with Crippen LogP contribution in [-0.4, -0.2) is 28.9 Å². The van der Waals surface area contributed by atoms with Crippen LogP contribution in [0.2, 0.25) is 0 Å². The van der Waals surface area contributed by atoms with Crippen molar-refractivity contribution in [1.29, 1.82) is 0 Å². The molecule has 0 spiro atoms. The quantitative estimate of drug-likeness (QED) is 0.582. The van der Waals surface area contributed by atoms with Crippen molar-refractivity contribution in [1.82, 2.24) is 10.6 Å². The molecule has 0 radical (unpaired) electrons. The van der Waals surface area contributed by atoms with Crippen molar-refractivity contribution in [2.45, 2.75) is 32.2 Å². The monoisotopic (exact) mass is 380 g/mol. The van der Waals surface area contributed by atoms with Gasteiger partial charge in [0, 0.05) is 5.56 Å². The van der Waals surface area contributed by atoms with Crippen LogP contribution < -0.4 is 10.6 Å². The number of hydrogen-bond acceptors (Lipinski definition) is 3. The van der Waals surface area contributed by atoms with Gasteiger partial charge in [-0.1, -0.05) is 68.3 Å². The van der Waals surface area contributed by atoms with Crippen molar-refractivity contribution >= 4 is 23.9 Å². The Kier molecular flexibility index (Phi) is 7.96. The Balaban J connectivity index is 2.24. The van der Waals surface area contributed by atoms with E-state index in [1.54, 1.807) is 42.5 Å². The lowest BCUT2D eigenvalue weighted by Gasteiger charge is -2.16. The number of aliphatic carboxylic acids is 1. The molecule has 0 aliphatic rings. The first-order valence-electron chi connectivity index (χ1n) is 9.18. The molecule has 2 aromatic rings. The van der Waals surface area contributed by atoms with Gasteiger partial charge < -0.3 is 15.7 Å². The lowest BCUT2D eigenvalue weighted by atomic mass is 10.1. The molecule has 6 nitrogen and oxygen atoms in total. The Bertz CT molecular complexity index is 832. The Hall–Kier alpha value is -3.41. The average molecular weight is 380 g/mol. The standard InChI is InChI=1S/C22H24N2O4/c1-2-3-14-18(22(27)28)23-21(26)19(15-16-10-6-4-7-11-16)24-20(25)17-12-8-5-9-13-17/h4-13,15,18H,2-3,14H2,1H3,(H,23,26)(H,24,25)(H,27,28)/t18-/m0/s1. The Morgan fingerprint density at radius 2 is 1.61 bits per heavy atom. The normalized spacial score (nSPS) is 12.1. The van der Waals surface area contributed by atoms with Crippen molar-refractivity contribution in [3.63, 3.8) is 0 Å².